The molecule has 192 valence electrons. The van der Waals surface area contributed by atoms with Gasteiger partial charge in [0.2, 0.25) is 0 Å². The van der Waals surface area contributed by atoms with Crippen LogP contribution < -0.4 is 9.47 Å². The molecule has 4 rings (SSSR count). The van der Waals surface area contributed by atoms with Crippen LogP contribution in [0.5, 0.6) is 11.5 Å². The van der Waals surface area contributed by atoms with E-state index in [1.165, 1.54) is 0 Å². The zero-order valence-electron chi connectivity index (χ0n) is 21.2. The Balaban J connectivity index is 1.73. The van der Waals surface area contributed by atoms with Gasteiger partial charge in [0.05, 0.1) is 38.5 Å². The number of amides is 1. The molecule has 1 N–H and O–H groups in total. The number of rotatable bonds is 9. The second kappa shape index (κ2) is 11.6. The van der Waals surface area contributed by atoms with Crippen molar-refractivity contribution in [3.63, 3.8) is 0 Å². The van der Waals surface area contributed by atoms with Crippen LogP contribution in [0, 0.1) is 6.92 Å². The van der Waals surface area contributed by atoms with Crippen LogP contribution in [0.15, 0.2) is 48.0 Å². The number of hydrogen-bond acceptors (Lipinski definition) is 7. The maximum absolute atomic E-state index is 13.4. The van der Waals surface area contributed by atoms with Crippen LogP contribution >= 0.6 is 0 Å². The van der Waals surface area contributed by atoms with Crippen molar-refractivity contribution in [2.24, 2.45) is 0 Å². The minimum Gasteiger partial charge on any atom is -0.507 e. The lowest BCUT2D eigenvalue weighted by atomic mass is 9.94. The van der Waals surface area contributed by atoms with Crippen LogP contribution in [0.1, 0.15) is 36.1 Å². The van der Waals surface area contributed by atoms with Gasteiger partial charge in [0.25, 0.3) is 11.7 Å². The number of aliphatic hydroxyl groups is 1. The zero-order valence-corrected chi connectivity index (χ0v) is 21.2. The van der Waals surface area contributed by atoms with Gasteiger partial charge >= 0.3 is 0 Å². The monoisotopic (exact) mass is 494 g/mol. The number of aliphatic hydroxyl groups excluding tert-OH is 1. The van der Waals surface area contributed by atoms with Crippen molar-refractivity contribution in [2.45, 2.75) is 26.3 Å². The Bertz CT molecular complexity index is 1140. The molecule has 8 nitrogen and oxygen atoms in total. The number of ether oxygens (including phenoxy) is 3. The Labute approximate surface area is 212 Å². The summed E-state index contributed by atoms with van der Waals surface area (Å²) < 4.78 is 16.6. The number of para-hydroxylation sites is 1. The molecule has 0 radical (unpaired) electrons. The predicted molar refractivity (Wildman–Crippen MR) is 136 cm³/mol. The molecule has 0 bridgehead atoms. The van der Waals surface area contributed by atoms with Crippen LogP contribution in [-0.4, -0.2) is 79.7 Å². The van der Waals surface area contributed by atoms with Gasteiger partial charge in [-0.05, 0) is 50.1 Å². The summed E-state index contributed by atoms with van der Waals surface area (Å²) in [6.07, 6.45) is 0.696. The Hall–Kier alpha value is -3.36. The molecule has 2 aromatic rings. The normalized spacial score (nSPS) is 20.1. The van der Waals surface area contributed by atoms with Gasteiger partial charge in [-0.1, -0.05) is 18.2 Å². The maximum Gasteiger partial charge on any atom is 0.295 e. The minimum atomic E-state index is -0.750. The average Bonchev–Trinajstić information content (AvgIpc) is 3.14. The first-order valence-corrected chi connectivity index (χ1v) is 12.4. The molecule has 36 heavy (non-hydrogen) atoms. The first kappa shape index (κ1) is 25.7. The molecule has 2 aliphatic heterocycles. The van der Waals surface area contributed by atoms with Crippen molar-refractivity contribution >= 4 is 17.4 Å². The van der Waals surface area contributed by atoms with Crippen molar-refractivity contribution in [2.75, 3.05) is 53.1 Å². The van der Waals surface area contributed by atoms with E-state index < -0.39 is 17.7 Å². The number of benzene rings is 2. The molecule has 0 unspecified atom stereocenters. The first-order chi connectivity index (χ1) is 17.5. The lowest BCUT2D eigenvalue weighted by molar-refractivity contribution is -0.140. The summed E-state index contributed by atoms with van der Waals surface area (Å²) >= 11 is 0. The molecule has 2 aliphatic rings. The Morgan fingerprint density at radius 2 is 1.83 bits per heavy atom. The highest BCUT2D eigenvalue weighted by atomic mass is 16.5. The topological polar surface area (TPSA) is 88.5 Å². The van der Waals surface area contributed by atoms with Crippen LogP contribution in [-0.2, 0) is 14.3 Å². The van der Waals surface area contributed by atoms with Crippen LogP contribution in [0.2, 0.25) is 0 Å². The van der Waals surface area contributed by atoms with Crippen molar-refractivity contribution < 1.29 is 28.9 Å². The van der Waals surface area contributed by atoms with E-state index >= 15 is 0 Å². The average molecular weight is 495 g/mol. The van der Waals surface area contributed by atoms with E-state index in [9.17, 15) is 14.7 Å². The smallest absolute Gasteiger partial charge is 0.295 e. The highest BCUT2D eigenvalue weighted by molar-refractivity contribution is 6.46. The van der Waals surface area contributed by atoms with Crippen molar-refractivity contribution in [1.82, 2.24) is 9.80 Å². The number of hydrogen-bond donors (Lipinski definition) is 1. The molecule has 2 heterocycles. The Kier molecular flexibility index (Phi) is 8.28. The summed E-state index contributed by atoms with van der Waals surface area (Å²) in [5.74, 6) is -0.245. The molecule has 1 amide bonds. The van der Waals surface area contributed by atoms with E-state index in [4.69, 9.17) is 14.2 Å². The van der Waals surface area contributed by atoms with Crippen molar-refractivity contribution in [3.05, 3.63) is 64.7 Å². The van der Waals surface area contributed by atoms with Gasteiger partial charge in [-0.3, -0.25) is 14.5 Å². The van der Waals surface area contributed by atoms with Gasteiger partial charge in [-0.25, -0.2) is 0 Å². The molecular formula is C28H34N2O6. The lowest BCUT2D eigenvalue weighted by Gasteiger charge is -2.29. The van der Waals surface area contributed by atoms with Gasteiger partial charge in [-0.15, -0.1) is 0 Å². The number of carbonyl (C=O) groups excluding carboxylic acids is 2. The molecule has 2 saturated heterocycles. The van der Waals surface area contributed by atoms with Crippen LogP contribution in [0.4, 0.5) is 0 Å². The van der Waals surface area contributed by atoms with E-state index in [1.54, 1.807) is 30.2 Å². The van der Waals surface area contributed by atoms with Crippen molar-refractivity contribution in [1.29, 1.82) is 0 Å². The number of nitrogens with zero attached hydrogens (tertiary/aromatic N) is 2. The third kappa shape index (κ3) is 5.24. The number of methoxy groups -OCH3 is 1. The number of carbonyl (C=O) groups is 2. The molecule has 2 aromatic carbocycles. The highest BCUT2D eigenvalue weighted by Gasteiger charge is 2.46. The number of ketones is 1. The van der Waals surface area contributed by atoms with E-state index in [2.05, 4.69) is 4.90 Å². The molecule has 0 aliphatic carbocycles. The molecule has 0 saturated carbocycles. The molecule has 2 fully saturated rings. The number of Topliss-reactive ketones (excluding diaryl/α,β-unsaturated/α-hetero) is 1. The molecule has 0 aromatic heterocycles. The minimum absolute atomic E-state index is 0.0723. The van der Waals surface area contributed by atoms with Crippen molar-refractivity contribution in [3.8, 4) is 11.5 Å². The molecule has 8 heteroatoms. The second-order valence-corrected chi connectivity index (χ2v) is 8.96. The van der Waals surface area contributed by atoms with Crippen LogP contribution in [0.3, 0.4) is 0 Å². The van der Waals surface area contributed by atoms with E-state index in [0.717, 1.165) is 25.2 Å². The Morgan fingerprint density at radius 1 is 1.08 bits per heavy atom. The molecule has 0 spiro atoms. The van der Waals surface area contributed by atoms with Gasteiger partial charge in [-0.2, -0.15) is 0 Å². The fourth-order valence-corrected chi connectivity index (χ4v) is 4.90. The Morgan fingerprint density at radius 3 is 2.53 bits per heavy atom. The fraction of sp³-hybridized carbons (Fsp3) is 0.429. The summed E-state index contributed by atoms with van der Waals surface area (Å²) in [4.78, 5) is 30.5. The summed E-state index contributed by atoms with van der Waals surface area (Å²) in [7, 11) is 1.58. The summed E-state index contributed by atoms with van der Waals surface area (Å²) in [6, 6.07) is 11.8. The quantitative estimate of drug-likeness (QED) is 0.324. The van der Waals surface area contributed by atoms with Gasteiger partial charge in [0.15, 0.2) is 0 Å². The van der Waals surface area contributed by atoms with E-state index in [-0.39, 0.29) is 11.3 Å². The number of aryl methyl sites for hydroxylation is 1. The second-order valence-electron chi connectivity index (χ2n) is 8.96. The molecule has 1 atom stereocenters. The molecular weight excluding hydrogens is 460 g/mol. The zero-order chi connectivity index (χ0) is 25.7. The standard InChI is InChI=1S/C28H34N2O6/c1-4-36-23-9-6-5-8-21(23)25-24(26(31)20-10-11-22(34-3)19(2)18-20)27(32)28(33)30(25)13-7-12-29-14-16-35-17-15-29/h5-6,8-11,18,25,31H,4,7,12-17H2,1-3H3/b26-24+/t25-/m1/s1. The third-order valence-electron chi connectivity index (χ3n) is 6.70. The fourth-order valence-electron chi connectivity index (χ4n) is 4.90. The lowest BCUT2D eigenvalue weighted by Crippen LogP contribution is -2.39. The number of likely N-dealkylation sites (tertiary alicyclic amines) is 1. The third-order valence-corrected chi connectivity index (χ3v) is 6.70. The van der Waals surface area contributed by atoms with Crippen LogP contribution in [0.25, 0.3) is 5.76 Å². The van der Waals surface area contributed by atoms with Gasteiger partial charge in [0.1, 0.15) is 17.3 Å². The van der Waals surface area contributed by atoms with E-state index in [0.29, 0.717) is 55.4 Å². The summed E-state index contributed by atoms with van der Waals surface area (Å²) in [5, 5.41) is 11.4. The predicted octanol–water partition coefficient (Wildman–Crippen LogP) is 3.55. The van der Waals surface area contributed by atoms with E-state index in [1.807, 2.05) is 38.1 Å². The number of morpholine rings is 1. The largest absolute Gasteiger partial charge is 0.507 e. The van der Waals surface area contributed by atoms with Gasteiger partial charge < -0.3 is 24.2 Å². The van der Waals surface area contributed by atoms with Gasteiger partial charge in [0, 0.05) is 37.3 Å². The maximum atomic E-state index is 13.4. The SMILES string of the molecule is CCOc1ccccc1[C@@H]1/C(=C(\O)c2ccc(OC)c(C)c2)C(=O)C(=O)N1CCCN1CCOCC1. The summed E-state index contributed by atoms with van der Waals surface area (Å²) in [5.41, 5.74) is 2.02. The first-order valence-electron chi connectivity index (χ1n) is 12.4. The highest BCUT2D eigenvalue weighted by Crippen LogP contribution is 2.43. The summed E-state index contributed by atoms with van der Waals surface area (Å²) in [6.45, 7) is 8.47.